The lowest BCUT2D eigenvalue weighted by Crippen LogP contribution is -2.24. The summed E-state index contributed by atoms with van der Waals surface area (Å²) < 4.78 is 16.3. The standard InChI is InChI=1S/C25H22N4O4/c1-31-18-9-10-24(32-2)20(14-18)22-16-23(29-28-22)25(30)27-11-3-4-13-33-19-8-7-17-6-5-12-26-21(17)15-19/h5-10,12,14-16H,11,13H2,1-2H3,(H,27,30)(H,28,29). The van der Waals surface area contributed by atoms with Crippen molar-refractivity contribution in [2.75, 3.05) is 27.4 Å². The van der Waals surface area contributed by atoms with Crippen LogP contribution >= 0.6 is 0 Å². The molecule has 0 spiro atoms. The summed E-state index contributed by atoms with van der Waals surface area (Å²) in [7, 11) is 3.16. The number of carbonyl (C=O) groups is 1. The molecule has 0 fully saturated rings. The van der Waals surface area contributed by atoms with Crippen LogP contribution in [-0.2, 0) is 0 Å². The summed E-state index contributed by atoms with van der Waals surface area (Å²) in [6, 6.07) is 16.6. The van der Waals surface area contributed by atoms with Crippen molar-refractivity contribution >= 4 is 16.8 Å². The maximum absolute atomic E-state index is 12.4. The number of rotatable bonds is 7. The van der Waals surface area contributed by atoms with Crippen LogP contribution in [0.25, 0.3) is 22.2 Å². The van der Waals surface area contributed by atoms with Crippen molar-refractivity contribution in [3.05, 3.63) is 66.5 Å². The molecule has 2 aromatic carbocycles. The third kappa shape index (κ3) is 5.22. The normalized spacial score (nSPS) is 10.2. The number of fused-ring (bicyclic) bond motifs is 1. The lowest BCUT2D eigenvalue weighted by Gasteiger charge is -2.08. The van der Waals surface area contributed by atoms with Gasteiger partial charge in [-0.2, -0.15) is 5.10 Å². The number of ether oxygens (including phenoxy) is 3. The van der Waals surface area contributed by atoms with Gasteiger partial charge >= 0.3 is 0 Å². The number of nitrogens with one attached hydrogen (secondary N) is 2. The molecule has 2 heterocycles. The Balaban J connectivity index is 1.30. The Hall–Kier alpha value is -4.51. The van der Waals surface area contributed by atoms with Crippen LogP contribution in [0.2, 0.25) is 0 Å². The van der Waals surface area contributed by atoms with Crippen molar-refractivity contribution in [1.82, 2.24) is 20.5 Å². The number of H-pyrrole nitrogens is 1. The molecule has 4 aromatic rings. The van der Waals surface area contributed by atoms with E-state index in [1.165, 1.54) is 0 Å². The molecule has 0 aliphatic carbocycles. The fourth-order valence-corrected chi connectivity index (χ4v) is 3.18. The first-order chi connectivity index (χ1) is 16.2. The minimum absolute atomic E-state index is 0.179. The van der Waals surface area contributed by atoms with Crippen molar-refractivity contribution in [2.45, 2.75) is 0 Å². The predicted octanol–water partition coefficient (Wildman–Crippen LogP) is 3.45. The summed E-state index contributed by atoms with van der Waals surface area (Å²) in [6.45, 7) is 0.385. The highest BCUT2D eigenvalue weighted by Gasteiger charge is 2.14. The van der Waals surface area contributed by atoms with Gasteiger partial charge in [-0.05, 0) is 42.5 Å². The number of nitrogens with zero attached hydrogens (tertiary/aromatic N) is 2. The van der Waals surface area contributed by atoms with E-state index in [0.717, 1.165) is 10.9 Å². The highest BCUT2D eigenvalue weighted by Crippen LogP contribution is 2.32. The molecule has 0 saturated heterocycles. The fourth-order valence-electron chi connectivity index (χ4n) is 3.18. The van der Waals surface area contributed by atoms with Gasteiger partial charge in [-0.3, -0.25) is 14.9 Å². The number of carbonyl (C=O) groups excluding carboxylic acids is 1. The minimum atomic E-state index is -0.313. The number of hydrogen-bond donors (Lipinski definition) is 2. The van der Waals surface area contributed by atoms with Crippen molar-refractivity contribution < 1.29 is 19.0 Å². The zero-order valence-corrected chi connectivity index (χ0v) is 18.2. The van der Waals surface area contributed by atoms with E-state index in [1.54, 1.807) is 44.7 Å². The predicted molar refractivity (Wildman–Crippen MR) is 124 cm³/mol. The molecule has 0 aliphatic rings. The van der Waals surface area contributed by atoms with E-state index in [4.69, 9.17) is 14.2 Å². The average molecular weight is 442 g/mol. The second kappa shape index (κ2) is 10.2. The SMILES string of the molecule is COc1ccc(OC)c(-c2cc(C(=O)NCC#CCOc3ccc4cccnc4c3)[nH]n2)c1. The van der Waals surface area contributed by atoms with Crippen LogP contribution < -0.4 is 19.5 Å². The molecule has 8 nitrogen and oxygen atoms in total. The van der Waals surface area contributed by atoms with Crippen LogP contribution in [0.3, 0.4) is 0 Å². The van der Waals surface area contributed by atoms with Crippen LogP contribution in [-0.4, -0.2) is 48.5 Å². The molecular formula is C25H22N4O4. The number of methoxy groups -OCH3 is 2. The Kier molecular flexibility index (Phi) is 6.71. The Morgan fingerprint density at radius 1 is 1.03 bits per heavy atom. The molecule has 8 heteroatoms. The highest BCUT2D eigenvalue weighted by atomic mass is 16.5. The third-order valence-corrected chi connectivity index (χ3v) is 4.86. The van der Waals surface area contributed by atoms with Gasteiger partial charge < -0.3 is 19.5 Å². The van der Waals surface area contributed by atoms with Gasteiger partial charge in [0.2, 0.25) is 0 Å². The van der Waals surface area contributed by atoms with E-state index in [-0.39, 0.29) is 19.1 Å². The zero-order chi connectivity index (χ0) is 23.0. The summed E-state index contributed by atoms with van der Waals surface area (Å²) in [5.74, 6) is 7.43. The topological polar surface area (TPSA) is 98.4 Å². The van der Waals surface area contributed by atoms with Gasteiger partial charge in [0.05, 0.1) is 32.0 Å². The summed E-state index contributed by atoms with van der Waals surface area (Å²) in [5.41, 5.74) is 2.46. The molecule has 0 saturated carbocycles. The molecule has 2 aromatic heterocycles. The third-order valence-electron chi connectivity index (χ3n) is 4.86. The molecule has 0 atom stereocenters. The summed E-state index contributed by atoms with van der Waals surface area (Å²) in [4.78, 5) is 16.7. The lowest BCUT2D eigenvalue weighted by atomic mass is 10.1. The second-order valence-corrected chi connectivity index (χ2v) is 6.92. The molecule has 0 aliphatic heterocycles. The molecule has 166 valence electrons. The molecule has 1 amide bonds. The summed E-state index contributed by atoms with van der Waals surface area (Å²) >= 11 is 0. The average Bonchev–Trinajstić information content (AvgIpc) is 3.36. The Morgan fingerprint density at radius 2 is 1.91 bits per heavy atom. The van der Waals surface area contributed by atoms with E-state index in [0.29, 0.717) is 34.2 Å². The van der Waals surface area contributed by atoms with E-state index in [2.05, 4.69) is 32.3 Å². The van der Waals surface area contributed by atoms with Crippen LogP contribution in [0.15, 0.2) is 60.8 Å². The molecule has 2 N–H and O–H groups in total. The van der Waals surface area contributed by atoms with Crippen LogP contribution in [0, 0.1) is 11.8 Å². The molecule has 0 radical (unpaired) electrons. The Bertz CT molecular complexity index is 1340. The van der Waals surface area contributed by atoms with Gasteiger partial charge in [-0.15, -0.1) is 0 Å². The first kappa shape index (κ1) is 21.7. The Labute approximate surface area is 190 Å². The van der Waals surface area contributed by atoms with E-state index in [9.17, 15) is 4.79 Å². The van der Waals surface area contributed by atoms with Crippen LogP contribution in [0.1, 0.15) is 10.5 Å². The number of hydrogen-bond acceptors (Lipinski definition) is 6. The number of pyridine rings is 1. The quantitative estimate of drug-likeness (QED) is 0.426. The lowest BCUT2D eigenvalue weighted by molar-refractivity contribution is 0.0953. The molecule has 33 heavy (non-hydrogen) atoms. The fraction of sp³-hybridized carbons (Fsp3) is 0.160. The number of aromatic nitrogens is 3. The number of benzene rings is 2. The molecule has 0 unspecified atom stereocenters. The van der Waals surface area contributed by atoms with Gasteiger partial charge in [0.1, 0.15) is 29.5 Å². The number of aromatic amines is 1. The maximum atomic E-state index is 12.4. The van der Waals surface area contributed by atoms with E-state index < -0.39 is 0 Å². The zero-order valence-electron chi connectivity index (χ0n) is 18.2. The van der Waals surface area contributed by atoms with Gasteiger partial charge in [0.15, 0.2) is 0 Å². The molecular weight excluding hydrogens is 420 g/mol. The van der Waals surface area contributed by atoms with Crippen molar-refractivity contribution in [3.63, 3.8) is 0 Å². The van der Waals surface area contributed by atoms with Gasteiger partial charge in [-0.25, -0.2) is 0 Å². The van der Waals surface area contributed by atoms with Crippen molar-refractivity contribution in [1.29, 1.82) is 0 Å². The minimum Gasteiger partial charge on any atom is -0.497 e. The largest absolute Gasteiger partial charge is 0.497 e. The number of amides is 1. The van der Waals surface area contributed by atoms with Crippen molar-refractivity contribution in [2.24, 2.45) is 0 Å². The van der Waals surface area contributed by atoms with E-state index in [1.807, 2.05) is 30.3 Å². The highest BCUT2D eigenvalue weighted by molar-refractivity contribution is 5.93. The van der Waals surface area contributed by atoms with Gasteiger partial charge in [0, 0.05) is 23.2 Å². The summed E-state index contributed by atoms with van der Waals surface area (Å²) in [6.07, 6.45) is 1.74. The first-order valence-electron chi connectivity index (χ1n) is 10.2. The molecule has 4 rings (SSSR count). The van der Waals surface area contributed by atoms with Gasteiger partial charge in [-0.1, -0.05) is 17.9 Å². The second-order valence-electron chi connectivity index (χ2n) is 6.92. The van der Waals surface area contributed by atoms with Crippen molar-refractivity contribution in [3.8, 4) is 40.3 Å². The van der Waals surface area contributed by atoms with E-state index >= 15 is 0 Å². The van der Waals surface area contributed by atoms with Gasteiger partial charge in [0.25, 0.3) is 5.91 Å². The maximum Gasteiger partial charge on any atom is 0.270 e. The Morgan fingerprint density at radius 3 is 2.76 bits per heavy atom. The van der Waals surface area contributed by atoms with Crippen LogP contribution in [0.5, 0.6) is 17.2 Å². The summed E-state index contributed by atoms with van der Waals surface area (Å²) in [5, 5.41) is 10.7. The smallest absolute Gasteiger partial charge is 0.270 e. The monoisotopic (exact) mass is 442 g/mol. The van der Waals surface area contributed by atoms with Crippen LogP contribution in [0.4, 0.5) is 0 Å². The molecule has 0 bridgehead atoms. The first-order valence-corrected chi connectivity index (χ1v) is 10.2.